The topological polar surface area (TPSA) is 45.8 Å². The van der Waals surface area contributed by atoms with Gasteiger partial charge < -0.3 is 4.90 Å². The fraction of sp³-hybridized carbons (Fsp3) is 0.211. The van der Waals surface area contributed by atoms with Crippen molar-refractivity contribution in [1.29, 1.82) is 0 Å². The maximum Gasteiger partial charge on any atom is 0.130 e. The highest BCUT2D eigenvalue weighted by Crippen LogP contribution is 2.28. The molecule has 0 unspecified atom stereocenters. The van der Waals surface area contributed by atoms with Crippen LogP contribution in [0.25, 0.3) is 5.69 Å². The third kappa shape index (κ3) is 3.20. The number of hydrogen-bond donors (Lipinski definition) is 0. The molecule has 24 heavy (non-hydrogen) atoms. The third-order valence-electron chi connectivity index (χ3n) is 3.87. The predicted octanol–water partition coefficient (Wildman–Crippen LogP) is 4.97. The summed E-state index contributed by atoms with van der Waals surface area (Å²) in [5.74, 6) is 0. The molecule has 0 atom stereocenters. The lowest BCUT2D eigenvalue weighted by molar-refractivity contribution is 0.833. The molecule has 0 aliphatic heterocycles. The van der Waals surface area contributed by atoms with Gasteiger partial charge in [-0.05, 0) is 44.2 Å². The van der Waals surface area contributed by atoms with Gasteiger partial charge in [0.25, 0.3) is 0 Å². The molecule has 5 nitrogen and oxygen atoms in total. The quantitative estimate of drug-likeness (QED) is 0.637. The normalized spacial score (nSPS) is 11.2. The Morgan fingerprint density at radius 1 is 0.917 bits per heavy atom. The monoisotopic (exact) mass is 319 g/mol. The fourth-order valence-corrected chi connectivity index (χ4v) is 2.54. The maximum atomic E-state index is 4.59. The van der Waals surface area contributed by atoms with Gasteiger partial charge in [0.1, 0.15) is 5.69 Å². The van der Waals surface area contributed by atoms with Crippen LogP contribution in [0, 0.1) is 13.8 Å². The van der Waals surface area contributed by atoms with E-state index in [-0.39, 0.29) is 0 Å². The summed E-state index contributed by atoms with van der Waals surface area (Å²) in [5, 5.41) is 13.4. The summed E-state index contributed by atoms with van der Waals surface area (Å²) in [4.78, 5) is 2.04. The summed E-state index contributed by atoms with van der Waals surface area (Å²) in [6, 6.07) is 18.0. The zero-order chi connectivity index (χ0) is 17.1. The Morgan fingerprint density at radius 3 is 2.38 bits per heavy atom. The summed E-state index contributed by atoms with van der Waals surface area (Å²) in [6.45, 7) is 3.97. The van der Waals surface area contributed by atoms with Crippen LogP contribution in [0.2, 0.25) is 0 Å². The molecule has 0 radical (unpaired) electrons. The average molecular weight is 319 g/mol. The lowest BCUT2D eigenvalue weighted by Crippen LogP contribution is -2.07. The summed E-state index contributed by atoms with van der Waals surface area (Å²) in [5.41, 5.74) is 5.60. The Hall–Kier alpha value is -2.95. The second-order valence-electron chi connectivity index (χ2n) is 5.88. The maximum absolute atomic E-state index is 4.59. The van der Waals surface area contributed by atoms with Gasteiger partial charge >= 0.3 is 0 Å². The van der Waals surface area contributed by atoms with Crippen molar-refractivity contribution in [2.24, 2.45) is 10.2 Å². The van der Waals surface area contributed by atoms with Gasteiger partial charge in [0.2, 0.25) is 0 Å². The Kier molecular flexibility index (Phi) is 4.42. The number of anilines is 1. The number of rotatable bonds is 4. The van der Waals surface area contributed by atoms with Gasteiger partial charge in [-0.15, -0.1) is 5.11 Å². The summed E-state index contributed by atoms with van der Waals surface area (Å²) in [7, 11) is 4.02. The van der Waals surface area contributed by atoms with Crippen molar-refractivity contribution in [2.45, 2.75) is 13.8 Å². The van der Waals surface area contributed by atoms with Crippen LogP contribution in [-0.4, -0.2) is 23.9 Å². The van der Waals surface area contributed by atoms with Crippen LogP contribution in [0.3, 0.4) is 0 Å². The van der Waals surface area contributed by atoms with Gasteiger partial charge in [0.05, 0.1) is 22.8 Å². The van der Waals surface area contributed by atoms with Gasteiger partial charge in [-0.25, -0.2) is 4.68 Å². The molecule has 0 aliphatic carbocycles. The van der Waals surface area contributed by atoms with E-state index >= 15 is 0 Å². The first-order valence-electron chi connectivity index (χ1n) is 7.87. The van der Waals surface area contributed by atoms with E-state index in [0.29, 0.717) is 0 Å². The van der Waals surface area contributed by atoms with E-state index in [2.05, 4.69) is 15.3 Å². The minimum Gasteiger partial charge on any atom is -0.378 e. The summed E-state index contributed by atoms with van der Waals surface area (Å²) in [6.07, 6.45) is 0. The molecule has 0 aliphatic rings. The van der Waals surface area contributed by atoms with Crippen LogP contribution >= 0.6 is 0 Å². The van der Waals surface area contributed by atoms with Gasteiger partial charge in [-0.3, -0.25) is 0 Å². The largest absolute Gasteiger partial charge is 0.378 e. The minimum absolute atomic E-state index is 0.814. The molecular weight excluding hydrogens is 298 g/mol. The van der Waals surface area contributed by atoms with E-state index in [4.69, 9.17) is 0 Å². The predicted molar refractivity (Wildman–Crippen MR) is 98.0 cm³/mol. The fourth-order valence-electron chi connectivity index (χ4n) is 2.54. The molecule has 1 aromatic heterocycles. The van der Waals surface area contributed by atoms with Crippen LogP contribution in [0.1, 0.15) is 11.4 Å². The van der Waals surface area contributed by atoms with E-state index in [1.807, 2.05) is 92.1 Å². The first-order chi connectivity index (χ1) is 11.6. The molecule has 5 heteroatoms. The van der Waals surface area contributed by atoms with E-state index in [1.54, 1.807) is 0 Å². The van der Waals surface area contributed by atoms with Crippen molar-refractivity contribution in [1.82, 2.24) is 9.78 Å². The first-order valence-corrected chi connectivity index (χ1v) is 7.87. The molecule has 1 heterocycles. The minimum atomic E-state index is 0.814. The van der Waals surface area contributed by atoms with Crippen molar-refractivity contribution < 1.29 is 0 Å². The SMILES string of the molecule is Cc1nn(-c2ccccc2)c(C)c1/N=N/c1cccc(N(C)C)c1. The summed E-state index contributed by atoms with van der Waals surface area (Å²) < 4.78 is 1.90. The molecule has 122 valence electrons. The number of aryl methyl sites for hydroxylation is 1. The zero-order valence-corrected chi connectivity index (χ0v) is 14.4. The lowest BCUT2D eigenvalue weighted by Gasteiger charge is -2.11. The molecule has 0 saturated heterocycles. The molecule has 3 rings (SSSR count). The number of aromatic nitrogens is 2. The van der Waals surface area contributed by atoms with E-state index in [1.165, 1.54) is 0 Å². The molecule has 0 bridgehead atoms. The molecule has 2 aromatic carbocycles. The number of hydrogen-bond acceptors (Lipinski definition) is 4. The van der Waals surface area contributed by atoms with Gasteiger partial charge in [0.15, 0.2) is 0 Å². The molecule has 0 fully saturated rings. The van der Waals surface area contributed by atoms with Crippen molar-refractivity contribution in [2.75, 3.05) is 19.0 Å². The highest BCUT2D eigenvalue weighted by molar-refractivity contribution is 5.55. The highest BCUT2D eigenvalue weighted by atomic mass is 15.3. The van der Waals surface area contributed by atoms with Gasteiger partial charge in [0, 0.05) is 19.8 Å². The van der Waals surface area contributed by atoms with E-state index in [0.717, 1.165) is 34.1 Å². The molecule has 0 spiro atoms. The Bertz CT molecular complexity index is 863. The van der Waals surface area contributed by atoms with Crippen LogP contribution < -0.4 is 4.90 Å². The van der Waals surface area contributed by atoms with Gasteiger partial charge in [-0.1, -0.05) is 24.3 Å². The standard InChI is InChI=1S/C19H21N5/c1-14-19(15(2)24(22-14)17-10-6-5-7-11-17)21-20-16-9-8-12-18(13-16)23(3)4/h5-13H,1-4H3/b21-20+. The first kappa shape index (κ1) is 15.9. The van der Waals surface area contributed by atoms with Gasteiger partial charge in [-0.2, -0.15) is 10.2 Å². The van der Waals surface area contributed by atoms with E-state index in [9.17, 15) is 0 Å². The molecule has 0 saturated carbocycles. The Labute approximate surface area is 142 Å². The lowest BCUT2D eigenvalue weighted by atomic mass is 10.3. The number of nitrogens with zero attached hydrogens (tertiary/aromatic N) is 5. The van der Waals surface area contributed by atoms with Crippen LogP contribution in [0.15, 0.2) is 64.8 Å². The third-order valence-corrected chi connectivity index (χ3v) is 3.87. The Morgan fingerprint density at radius 2 is 1.67 bits per heavy atom. The average Bonchev–Trinajstić information content (AvgIpc) is 2.88. The number of para-hydroxylation sites is 1. The van der Waals surface area contributed by atoms with Crippen LogP contribution in [0.5, 0.6) is 0 Å². The second kappa shape index (κ2) is 6.66. The molecule has 0 N–H and O–H groups in total. The van der Waals surface area contributed by atoms with Crippen molar-refractivity contribution in [3.8, 4) is 5.69 Å². The smallest absolute Gasteiger partial charge is 0.130 e. The molecular formula is C19H21N5. The molecule has 0 amide bonds. The summed E-state index contributed by atoms with van der Waals surface area (Å²) >= 11 is 0. The van der Waals surface area contributed by atoms with Crippen LogP contribution in [0.4, 0.5) is 17.1 Å². The Balaban J connectivity index is 1.94. The van der Waals surface area contributed by atoms with Crippen molar-refractivity contribution in [3.63, 3.8) is 0 Å². The number of benzene rings is 2. The van der Waals surface area contributed by atoms with E-state index < -0.39 is 0 Å². The van der Waals surface area contributed by atoms with Crippen molar-refractivity contribution in [3.05, 3.63) is 66.0 Å². The zero-order valence-electron chi connectivity index (χ0n) is 14.4. The second-order valence-corrected chi connectivity index (χ2v) is 5.88. The molecule has 3 aromatic rings. The van der Waals surface area contributed by atoms with Crippen LogP contribution in [-0.2, 0) is 0 Å². The number of azo groups is 1. The van der Waals surface area contributed by atoms with Crippen molar-refractivity contribution >= 4 is 17.1 Å². The highest BCUT2D eigenvalue weighted by Gasteiger charge is 2.12.